The summed E-state index contributed by atoms with van der Waals surface area (Å²) in [5, 5.41) is 13.5. The molecule has 3 N–H and O–H groups in total. The Morgan fingerprint density at radius 2 is 2.05 bits per heavy atom. The Bertz CT molecular complexity index is 614. The first-order valence-corrected chi connectivity index (χ1v) is 6.78. The maximum atomic E-state index is 11.1. The van der Waals surface area contributed by atoms with E-state index in [2.05, 4.69) is 5.10 Å². The molecule has 1 aromatic heterocycles. The average Bonchev–Trinajstić information content (AvgIpc) is 3.18. The Hall–Kier alpha value is -2.14. The van der Waals surface area contributed by atoms with E-state index in [1.54, 1.807) is 0 Å². The van der Waals surface area contributed by atoms with E-state index in [9.17, 15) is 4.79 Å². The molecule has 104 valence electrons. The van der Waals surface area contributed by atoms with Gasteiger partial charge in [0.15, 0.2) is 0 Å². The maximum absolute atomic E-state index is 11.1. The number of carboxylic acids is 1. The monoisotopic (exact) mass is 271 g/mol. The van der Waals surface area contributed by atoms with Crippen molar-refractivity contribution in [3.63, 3.8) is 0 Å². The number of benzene rings is 1. The Balaban J connectivity index is 1.89. The van der Waals surface area contributed by atoms with E-state index in [4.69, 9.17) is 10.8 Å². The zero-order chi connectivity index (χ0) is 14.1. The van der Waals surface area contributed by atoms with Crippen molar-refractivity contribution in [2.24, 2.45) is 5.73 Å². The molecule has 0 aliphatic heterocycles. The van der Waals surface area contributed by atoms with E-state index in [0.717, 1.165) is 11.3 Å². The van der Waals surface area contributed by atoms with Gasteiger partial charge < -0.3 is 10.8 Å². The molecule has 0 bridgehead atoms. The number of aromatic nitrogens is 2. The van der Waals surface area contributed by atoms with Crippen LogP contribution in [0.1, 0.15) is 35.9 Å². The molecule has 5 nitrogen and oxygen atoms in total. The second-order valence-electron chi connectivity index (χ2n) is 5.16. The largest absolute Gasteiger partial charge is 0.481 e. The third-order valence-corrected chi connectivity index (χ3v) is 3.74. The van der Waals surface area contributed by atoms with Gasteiger partial charge in [-0.15, -0.1) is 0 Å². The molecular formula is C15H17N3O2. The van der Waals surface area contributed by atoms with Gasteiger partial charge in [0.05, 0.1) is 11.6 Å². The first-order chi connectivity index (χ1) is 9.70. The van der Waals surface area contributed by atoms with Gasteiger partial charge in [-0.05, 0) is 36.6 Å². The molecule has 2 aromatic rings. The summed E-state index contributed by atoms with van der Waals surface area (Å²) in [6, 6.07) is 9.49. The van der Waals surface area contributed by atoms with Crippen LogP contribution in [0.15, 0.2) is 36.5 Å². The summed E-state index contributed by atoms with van der Waals surface area (Å²) in [6.45, 7) is 0.101. The van der Waals surface area contributed by atoms with E-state index in [1.807, 2.05) is 41.2 Å². The molecule has 0 amide bonds. The minimum absolute atomic E-state index is 0.101. The molecule has 1 aliphatic rings. The summed E-state index contributed by atoms with van der Waals surface area (Å²) < 4.78 is 1.93. The highest BCUT2D eigenvalue weighted by Crippen LogP contribution is 2.40. The normalized spacial score (nSPS) is 16.1. The number of aliphatic carboxylic acids is 1. The molecule has 1 heterocycles. The van der Waals surface area contributed by atoms with E-state index >= 15 is 0 Å². The van der Waals surface area contributed by atoms with Crippen molar-refractivity contribution < 1.29 is 9.90 Å². The maximum Gasteiger partial charge on any atom is 0.312 e. The van der Waals surface area contributed by atoms with E-state index in [1.165, 1.54) is 18.5 Å². The van der Waals surface area contributed by atoms with Gasteiger partial charge >= 0.3 is 5.97 Å². The summed E-state index contributed by atoms with van der Waals surface area (Å²) >= 11 is 0. The van der Waals surface area contributed by atoms with Crippen molar-refractivity contribution in [1.82, 2.24) is 9.78 Å². The molecule has 3 rings (SSSR count). The second kappa shape index (κ2) is 5.09. The quantitative estimate of drug-likeness (QED) is 0.870. The highest BCUT2D eigenvalue weighted by atomic mass is 16.4. The third kappa shape index (κ3) is 2.32. The van der Waals surface area contributed by atoms with Gasteiger partial charge in [-0.3, -0.25) is 4.79 Å². The average molecular weight is 271 g/mol. The predicted octanol–water partition coefficient (Wildman–Crippen LogP) is 1.88. The molecule has 1 aromatic carbocycles. The SMILES string of the molecule is NCC(C(=O)O)c1ccc(-n2nccc2C2CC2)cc1. The number of rotatable bonds is 5. The Kier molecular flexibility index (Phi) is 3.28. The molecule has 20 heavy (non-hydrogen) atoms. The second-order valence-corrected chi connectivity index (χ2v) is 5.16. The molecule has 1 fully saturated rings. The standard InChI is InChI=1S/C15H17N3O2/c16-9-13(15(19)20)10-3-5-12(6-4-10)18-14(7-8-17-18)11-1-2-11/h3-8,11,13H,1-2,9,16H2,(H,19,20). The van der Waals surface area contributed by atoms with Crippen molar-refractivity contribution in [2.75, 3.05) is 6.54 Å². The van der Waals surface area contributed by atoms with Crippen LogP contribution in [0.4, 0.5) is 0 Å². The van der Waals surface area contributed by atoms with E-state index in [-0.39, 0.29) is 6.54 Å². The lowest BCUT2D eigenvalue weighted by Gasteiger charge is -2.12. The van der Waals surface area contributed by atoms with Crippen molar-refractivity contribution in [3.8, 4) is 5.69 Å². The molecule has 1 aliphatic carbocycles. The van der Waals surface area contributed by atoms with Crippen molar-refractivity contribution in [1.29, 1.82) is 0 Å². The first kappa shape index (κ1) is 12.9. The van der Waals surface area contributed by atoms with Crippen molar-refractivity contribution >= 4 is 5.97 Å². The Morgan fingerprint density at radius 1 is 1.35 bits per heavy atom. The minimum atomic E-state index is -0.891. The molecule has 0 radical (unpaired) electrons. The van der Waals surface area contributed by atoms with Crippen LogP contribution in [0, 0.1) is 0 Å². The van der Waals surface area contributed by atoms with Crippen LogP contribution in [0.3, 0.4) is 0 Å². The van der Waals surface area contributed by atoms with Crippen LogP contribution in [0.25, 0.3) is 5.69 Å². The van der Waals surface area contributed by atoms with Gasteiger partial charge in [-0.25, -0.2) is 4.68 Å². The predicted molar refractivity (Wildman–Crippen MR) is 75.0 cm³/mol. The smallest absolute Gasteiger partial charge is 0.312 e. The highest BCUT2D eigenvalue weighted by molar-refractivity contribution is 5.76. The number of nitrogens with zero attached hydrogens (tertiary/aromatic N) is 2. The first-order valence-electron chi connectivity index (χ1n) is 6.78. The highest BCUT2D eigenvalue weighted by Gasteiger charge is 2.27. The number of carbonyl (C=O) groups is 1. The van der Waals surface area contributed by atoms with Gasteiger partial charge in [0.25, 0.3) is 0 Å². The van der Waals surface area contributed by atoms with Gasteiger partial charge in [-0.1, -0.05) is 12.1 Å². The number of hydrogen-bond donors (Lipinski definition) is 2. The lowest BCUT2D eigenvalue weighted by Crippen LogP contribution is -2.21. The third-order valence-electron chi connectivity index (χ3n) is 3.74. The molecule has 0 saturated heterocycles. The van der Waals surface area contributed by atoms with Crippen LogP contribution in [-0.2, 0) is 4.79 Å². The van der Waals surface area contributed by atoms with Crippen LogP contribution in [0.5, 0.6) is 0 Å². The number of nitrogens with two attached hydrogens (primary N) is 1. The van der Waals surface area contributed by atoms with Crippen LogP contribution in [-0.4, -0.2) is 27.4 Å². The fourth-order valence-electron chi connectivity index (χ4n) is 2.44. The molecule has 1 saturated carbocycles. The fourth-order valence-corrected chi connectivity index (χ4v) is 2.44. The summed E-state index contributed by atoms with van der Waals surface area (Å²) in [4.78, 5) is 11.1. The molecular weight excluding hydrogens is 254 g/mol. The van der Waals surface area contributed by atoms with Crippen LogP contribution >= 0.6 is 0 Å². The minimum Gasteiger partial charge on any atom is -0.481 e. The summed E-state index contributed by atoms with van der Waals surface area (Å²) in [5.74, 6) is -0.921. The number of hydrogen-bond acceptors (Lipinski definition) is 3. The molecule has 5 heteroatoms. The van der Waals surface area contributed by atoms with Crippen molar-refractivity contribution in [3.05, 3.63) is 47.8 Å². The zero-order valence-corrected chi connectivity index (χ0v) is 11.1. The van der Waals surface area contributed by atoms with E-state index < -0.39 is 11.9 Å². The zero-order valence-electron chi connectivity index (χ0n) is 11.1. The van der Waals surface area contributed by atoms with Gasteiger partial charge in [0.1, 0.15) is 0 Å². The summed E-state index contributed by atoms with van der Waals surface area (Å²) in [7, 11) is 0. The lowest BCUT2D eigenvalue weighted by molar-refractivity contribution is -0.138. The van der Waals surface area contributed by atoms with Gasteiger partial charge in [-0.2, -0.15) is 5.10 Å². The van der Waals surface area contributed by atoms with Gasteiger partial charge in [0, 0.05) is 24.4 Å². The topological polar surface area (TPSA) is 81.1 Å². The molecule has 1 unspecified atom stereocenters. The van der Waals surface area contributed by atoms with Crippen LogP contribution in [0.2, 0.25) is 0 Å². The summed E-state index contributed by atoms with van der Waals surface area (Å²) in [5.41, 5.74) is 8.43. The molecule has 1 atom stereocenters. The molecule has 0 spiro atoms. The fraction of sp³-hybridized carbons (Fsp3) is 0.333. The Labute approximate surface area is 117 Å². The summed E-state index contributed by atoms with van der Waals surface area (Å²) in [6.07, 6.45) is 4.25. The van der Waals surface area contributed by atoms with Crippen molar-refractivity contribution in [2.45, 2.75) is 24.7 Å². The Morgan fingerprint density at radius 3 is 2.60 bits per heavy atom. The van der Waals surface area contributed by atoms with Crippen LogP contribution < -0.4 is 5.73 Å². The van der Waals surface area contributed by atoms with Gasteiger partial charge in [0.2, 0.25) is 0 Å². The lowest BCUT2D eigenvalue weighted by atomic mass is 9.99. The van der Waals surface area contributed by atoms with E-state index in [0.29, 0.717) is 5.92 Å². The number of carboxylic acid groups (broad SMARTS) is 1.